The molecule has 1 aromatic heterocycles. The predicted octanol–water partition coefficient (Wildman–Crippen LogP) is 2.48. The van der Waals surface area contributed by atoms with Gasteiger partial charge in [-0.2, -0.15) is 4.31 Å². The summed E-state index contributed by atoms with van der Waals surface area (Å²) in [5.74, 6) is -0.321. The van der Waals surface area contributed by atoms with E-state index in [0.29, 0.717) is 47.2 Å². The first-order chi connectivity index (χ1) is 19.4. The van der Waals surface area contributed by atoms with Crippen LogP contribution >= 0.6 is 11.3 Å². The molecule has 0 spiro atoms. The fourth-order valence-corrected chi connectivity index (χ4v) is 8.33. The number of sulfone groups is 1. The van der Waals surface area contributed by atoms with Crippen LogP contribution in [-0.4, -0.2) is 108 Å². The Morgan fingerprint density at radius 3 is 2.27 bits per heavy atom. The molecular weight excluding hydrogens is 589 g/mol. The summed E-state index contributed by atoms with van der Waals surface area (Å²) in [6, 6.07) is 10.7. The number of hydrogen-bond acceptors (Lipinski definition) is 10. The lowest BCUT2D eigenvalue weighted by atomic mass is 10.2. The van der Waals surface area contributed by atoms with Crippen LogP contribution in [0.4, 0.5) is 5.13 Å². The van der Waals surface area contributed by atoms with Crippen LogP contribution in [0.3, 0.4) is 0 Å². The third-order valence-corrected chi connectivity index (χ3v) is 11.1. The highest BCUT2D eigenvalue weighted by Crippen LogP contribution is 2.32. The van der Waals surface area contributed by atoms with Crippen LogP contribution in [0.15, 0.2) is 52.3 Å². The summed E-state index contributed by atoms with van der Waals surface area (Å²) in [6.45, 7) is 7.92. The lowest BCUT2D eigenvalue weighted by molar-refractivity contribution is -0.0440. The van der Waals surface area contributed by atoms with Crippen molar-refractivity contribution in [3.8, 4) is 0 Å². The summed E-state index contributed by atoms with van der Waals surface area (Å²) in [7, 11) is -7.15. The van der Waals surface area contributed by atoms with Crippen molar-refractivity contribution in [2.75, 3.05) is 63.6 Å². The van der Waals surface area contributed by atoms with Crippen LogP contribution in [-0.2, 0) is 29.3 Å². The Morgan fingerprint density at radius 2 is 1.63 bits per heavy atom. The number of hydrogen-bond donors (Lipinski definition) is 0. The van der Waals surface area contributed by atoms with Gasteiger partial charge < -0.3 is 9.47 Å². The number of amides is 1. The minimum Gasteiger partial charge on any atom is -0.379 e. The Morgan fingerprint density at radius 1 is 1.00 bits per heavy atom. The molecule has 2 saturated heterocycles. The number of ether oxygens (including phenoxy) is 2. The van der Waals surface area contributed by atoms with E-state index in [1.54, 1.807) is 17.0 Å². The number of carbonyl (C=O) groups excluding carboxylic acids is 1. The predicted molar refractivity (Wildman–Crippen MR) is 157 cm³/mol. The Kier molecular flexibility index (Phi) is 8.81. The second kappa shape index (κ2) is 12.0. The SMILES string of the molecule is CC1CN(S(=O)(=O)c2ccc(C(=O)N(CCN3CCOCC3)c3nc4ccc(S(C)(=O)=O)cc4s3)cc2)CC(C)O1. The molecule has 222 valence electrons. The van der Waals surface area contributed by atoms with E-state index < -0.39 is 19.9 Å². The quantitative estimate of drug-likeness (QED) is 0.372. The fourth-order valence-electron chi connectivity index (χ4n) is 4.99. The molecule has 0 saturated carbocycles. The van der Waals surface area contributed by atoms with Gasteiger partial charge in [-0.05, 0) is 56.3 Å². The number of carbonyl (C=O) groups is 1. The summed E-state index contributed by atoms with van der Waals surface area (Å²) < 4.78 is 63.9. The van der Waals surface area contributed by atoms with Gasteiger partial charge in [0, 0.05) is 51.1 Å². The number of morpholine rings is 2. The number of aromatic nitrogens is 1. The number of fused-ring (bicyclic) bond motifs is 1. The van der Waals surface area contributed by atoms with Crippen LogP contribution in [0.1, 0.15) is 24.2 Å². The van der Waals surface area contributed by atoms with Crippen LogP contribution in [0.2, 0.25) is 0 Å². The van der Waals surface area contributed by atoms with Gasteiger partial charge >= 0.3 is 0 Å². The molecule has 5 rings (SSSR count). The van der Waals surface area contributed by atoms with Gasteiger partial charge in [-0.15, -0.1) is 0 Å². The number of thiazole rings is 1. The number of nitrogens with zero attached hydrogens (tertiary/aromatic N) is 4. The monoisotopic (exact) mass is 622 g/mol. The molecule has 14 heteroatoms. The smallest absolute Gasteiger partial charge is 0.260 e. The Bertz CT molecular complexity index is 1610. The summed E-state index contributed by atoms with van der Waals surface area (Å²) in [5, 5.41) is 0.442. The van der Waals surface area contributed by atoms with E-state index in [9.17, 15) is 21.6 Å². The second-order valence-corrected chi connectivity index (χ2v) is 15.4. The standard InChI is InChI=1S/C27H34N4O7S3/c1-19-17-30(18-20(2)38-19)41(35,36)22-6-4-21(5-7-22)26(32)31(11-10-29-12-14-37-15-13-29)27-28-24-9-8-23(40(3,33)34)16-25(24)39-27/h4-9,16,19-20H,10-15,17-18H2,1-3H3. The average Bonchev–Trinajstić information content (AvgIpc) is 3.36. The summed E-state index contributed by atoms with van der Waals surface area (Å²) in [4.78, 5) is 22.6. The Balaban J connectivity index is 1.42. The van der Waals surface area contributed by atoms with Crippen LogP contribution in [0, 0.1) is 0 Å². The van der Waals surface area contributed by atoms with Gasteiger partial charge in [0.25, 0.3) is 5.91 Å². The second-order valence-electron chi connectivity index (χ2n) is 10.4. The average molecular weight is 623 g/mol. The number of anilines is 1. The van der Waals surface area contributed by atoms with E-state index in [-0.39, 0.29) is 41.0 Å². The van der Waals surface area contributed by atoms with Gasteiger partial charge in [0.05, 0.1) is 45.4 Å². The number of benzene rings is 2. The van der Waals surface area contributed by atoms with Crippen molar-refractivity contribution >= 4 is 52.5 Å². The molecule has 2 aromatic carbocycles. The molecule has 2 fully saturated rings. The molecule has 11 nitrogen and oxygen atoms in total. The molecule has 0 radical (unpaired) electrons. The highest BCUT2D eigenvalue weighted by molar-refractivity contribution is 7.90. The first-order valence-corrected chi connectivity index (χ1v) is 17.5. The van der Waals surface area contributed by atoms with E-state index in [0.717, 1.165) is 19.3 Å². The third-order valence-electron chi connectivity index (χ3n) is 7.12. The van der Waals surface area contributed by atoms with Crippen molar-refractivity contribution in [3.63, 3.8) is 0 Å². The maximum Gasteiger partial charge on any atom is 0.260 e. The molecule has 3 heterocycles. The molecule has 1 amide bonds. The molecule has 0 bridgehead atoms. The highest BCUT2D eigenvalue weighted by Gasteiger charge is 2.32. The van der Waals surface area contributed by atoms with Gasteiger partial charge in [0.15, 0.2) is 15.0 Å². The van der Waals surface area contributed by atoms with Gasteiger partial charge in [-0.1, -0.05) is 11.3 Å². The van der Waals surface area contributed by atoms with Crippen LogP contribution in [0.25, 0.3) is 10.2 Å². The van der Waals surface area contributed by atoms with Crippen molar-refractivity contribution in [1.29, 1.82) is 0 Å². The normalized spacial score (nSPS) is 21.2. The van der Waals surface area contributed by atoms with Gasteiger partial charge in [0.1, 0.15) is 0 Å². The summed E-state index contributed by atoms with van der Waals surface area (Å²) in [6.07, 6.45) is 0.728. The lowest BCUT2D eigenvalue weighted by Gasteiger charge is -2.34. The van der Waals surface area contributed by atoms with E-state index in [1.165, 1.54) is 46.0 Å². The van der Waals surface area contributed by atoms with Crippen molar-refractivity contribution in [2.45, 2.75) is 35.8 Å². The minimum absolute atomic E-state index is 0.114. The van der Waals surface area contributed by atoms with E-state index >= 15 is 0 Å². The third kappa shape index (κ3) is 6.79. The zero-order valence-corrected chi connectivity index (χ0v) is 25.7. The molecule has 0 aliphatic carbocycles. The van der Waals surface area contributed by atoms with E-state index in [1.807, 2.05) is 13.8 Å². The Labute approximate surface area is 244 Å². The van der Waals surface area contributed by atoms with E-state index in [4.69, 9.17) is 9.47 Å². The topological polar surface area (TPSA) is 126 Å². The van der Waals surface area contributed by atoms with Gasteiger partial charge in [0.2, 0.25) is 10.0 Å². The van der Waals surface area contributed by atoms with Gasteiger partial charge in [-0.25, -0.2) is 21.8 Å². The molecule has 41 heavy (non-hydrogen) atoms. The first-order valence-electron chi connectivity index (χ1n) is 13.4. The van der Waals surface area contributed by atoms with Crippen molar-refractivity contribution in [3.05, 3.63) is 48.0 Å². The maximum atomic E-state index is 13.8. The lowest BCUT2D eigenvalue weighted by Crippen LogP contribution is -2.48. The largest absolute Gasteiger partial charge is 0.379 e. The van der Waals surface area contributed by atoms with Crippen molar-refractivity contribution < 1.29 is 31.1 Å². The minimum atomic E-state index is -3.75. The zero-order valence-electron chi connectivity index (χ0n) is 23.2. The summed E-state index contributed by atoms with van der Waals surface area (Å²) >= 11 is 1.24. The van der Waals surface area contributed by atoms with E-state index in [2.05, 4.69) is 9.88 Å². The molecule has 2 aliphatic rings. The first kappa shape index (κ1) is 30.0. The molecule has 3 aromatic rings. The molecule has 2 aliphatic heterocycles. The molecule has 2 unspecified atom stereocenters. The van der Waals surface area contributed by atoms with Crippen molar-refractivity contribution in [2.24, 2.45) is 0 Å². The Hall–Kier alpha value is -2.46. The molecule has 0 N–H and O–H groups in total. The number of rotatable bonds is 8. The van der Waals surface area contributed by atoms with Crippen molar-refractivity contribution in [1.82, 2.24) is 14.2 Å². The maximum absolute atomic E-state index is 13.8. The van der Waals surface area contributed by atoms with Crippen LogP contribution < -0.4 is 4.90 Å². The van der Waals surface area contributed by atoms with Gasteiger partial charge in [-0.3, -0.25) is 14.6 Å². The summed E-state index contributed by atoms with van der Waals surface area (Å²) in [5.41, 5.74) is 0.919. The molecule has 2 atom stereocenters. The fraction of sp³-hybridized carbons (Fsp3) is 0.481. The van der Waals surface area contributed by atoms with Crippen LogP contribution in [0.5, 0.6) is 0 Å². The number of sulfonamides is 1. The zero-order chi connectivity index (χ0) is 29.4. The molecular formula is C27H34N4O7S3. The highest BCUT2D eigenvalue weighted by atomic mass is 32.2.